The lowest BCUT2D eigenvalue weighted by atomic mass is 9.98. The van der Waals surface area contributed by atoms with Crippen molar-refractivity contribution in [2.24, 2.45) is 0 Å². The molecule has 0 amide bonds. The van der Waals surface area contributed by atoms with Crippen molar-refractivity contribution < 1.29 is 0 Å². The minimum atomic E-state index is 0.668. The van der Waals surface area contributed by atoms with Crippen LogP contribution in [-0.4, -0.2) is 19.5 Å². The van der Waals surface area contributed by atoms with Crippen LogP contribution >= 0.6 is 11.3 Å². The number of benzene rings is 8. The minimum Gasteiger partial charge on any atom is -0.309 e. The Morgan fingerprint density at radius 1 is 0.368 bits per heavy atom. The van der Waals surface area contributed by atoms with Crippen molar-refractivity contribution in [1.29, 1.82) is 0 Å². The Balaban J connectivity index is 0.896. The van der Waals surface area contributed by atoms with Gasteiger partial charge in [0.15, 0.2) is 17.5 Å². The summed E-state index contributed by atoms with van der Waals surface area (Å²) >= 11 is 1.82. The highest BCUT2D eigenvalue weighted by atomic mass is 32.1. The van der Waals surface area contributed by atoms with Crippen LogP contribution in [0.25, 0.3) is 104 Å². The van der Waals surface area contributed by atoms with E-state index in [0.717, 1.165) is 23.1 Å². The molecule has 0 saturated carbocycles. The van der Waals surface area contributed by atoms with E-state index in [1.54, 1.807) is 0 Å². The Morgan fingerprint density at radius 2 is 0.895 bits per heavy atom. The van der Waals surface area contributed by atoms with Gasteiger partial charge in [-0.15, -0.1) is 11.3 Å². The van der Waals surface area contributed by atoms with Gasteiger partial charge in [0, 0.05) is 53.3 Å². The molecular weight excluding hydrogens is 713 g/mol. The number of aromatic nitrogens is 4. The van der Waals surface area contributed by atoms with Crippen molar-refractivity contribution in [2.45, 2.75) is 6.42 Å². The average molecular weight is 745 g/mol. The fourth-order valence-electron chi connectivity index (χ4n) is 8.73. The summed E-state index contributed by atoms with van der Waals surface area (Å²) in [5.41, 5.74) is 14.5. The highest BCUT2D eigenvalue weighted by Crippen LogP contribution is 2.43. The summed E-state index contributed by atoms with van der Waals surface area (Å²) in [5.74, 6) is 2.01. The van der Waals surface area contributed by atoms with Gasteiger partial charge in [0.1, 0.15) is 0 Å². The maximum atomic E-state index is 4.98. The van der Waals surface area contributed by atoms with Gasteiger partial charge in [-0.3, -0.25) is 0 Å². The van der Waals surface area contributed by atoms with Crippen LogP contribution in [-0.2, 0) is 6.42 Å². The number of hydrogen-bond donors (Lipinski definition) is 0. The Morgan fingerprint density at radius 3 is 1.54 bits per heavy atom. The number of nitrogens with zero attached hydrogens (tertiary/aromatic N) is 4. The van der Waals surface area contributed by atoms with Gasteiger partial charge in [0.25, 0.3) is 0 Å². The van der Waals surface area contributed by atoms with E-state index in [0.29, 0.717) is 17.5 Å². The number of hydrogen-bond acceptors (Lipinski definition) is 4. The van der Waals surface area contributed by atoms with Crippen molar-refractivity contribution in [3.63, 3.8) is 0 Å². The number of thiophene rings is 1. The van der Waals surface area contributed by atoms with E-state index in [1.807, 2.05) is 72.0 Å². The van der Waals surface area contributed by atoms with Gasteiger partial charge in [0.2, 0.25) is 0 Å². The molecule has 3 heterocycles. The quantitative estimate of drug-likeness (QED) is 0.176. The van der Waals surface area contributed by atoms with Gasteiger partial charge in [-0.25, -0.2) is 15.0 Å². The summed E-state index contributed by atoms with van der Waals surface area (Å²) in [5, 5.41) is 5.08. The van der Waals surface area contributed by atoms with Crippen LogP contribution in [0.2, 0.25) is 0 Å². The van der Waals surface area contributed by atoms with Crippen LogP contribution in [0.15, 0.2) is 182 Å². The van der Waals surface area contributed by atoms with Crippen molar-refractivity contribution >= 4 is 53.3 Å². The van der Waals surface area contributed by atoms with E-state index in [-0.39, 0.29) is 0 Å². The van der Waals surface area contributed by atoms with E-state index < -0.39 is 0 Å². The zero-order chi connectivity index (χ0) is 37.5. The Kier molecular flexibility index (Phi) is 7.13. The fraction of sp³-hybridized carbons (Fsp3) is 0.0192. The van der Waals surface area contributed by atoms with E-state index in [4.69, 9.17) is 15.0 Å². The molecule has 0 atom stereocenters. The van der Waals surface area contributed by atoms with Crippen molar-refractivity contribution in [3.8, 4) is 62.1 Å². The van der Waals surface area contributed by atoms with E-state index in [9.17, 15) is 0 Å². The maximum Gasteiger partial charge on any atom is 0.164 e. The zero-order valence-electron chi connectivity index (χ0n) is 30.7. The molecule has 5 heteroatoms. The molecule has 0 saturated heterocycles. The predicted molar refractivity (Wildman–Crippen MR) is 237 cm³/mol. The van der Waals surface area contributed by atoms with Crippen molar-refractivity contribution in [3.05, 3.63) is 193 Å². The smallest absolute Gasteiger partial charge is 0.164 e. The first-order valence-corrected chi connectivity index (χ1v) is 20.1. The molecule has 3 aromatic heterocycles. The zero-order valence-corrected chi connectivity index (χ0v) is 31.5. The van der Waals surface area contributed by atoms with Gasteiger partial charge in [-0.05, 0) is 76.2 Å². The summed E-state index contributed by atoms with van der Waals surface area (Å²) in [6.07, 6.45) is 0.939. The topological polar surface area (TPSA) is 43.6 Å². The number of fused-ring (bicyclic) bond motifs is 9. The standard InChI is InChI=1S/C52H32N4S/c1-3-11-32(12-4-1)50-53-51(33-13-5-2-6-14-33)55-52(54-50)37-22-26-44-43-25-21-35(29-48(43)57-49(44)30-37)34-20-24-40-38(27-34)28-36-19-23-39(31-45(36)40)56-46-17-9-7-15-41(46)42-16-8-10-18-47(42)56/h1-27,29-31H,28H2. The molecule has 0 fully saturated rings. The number of para-hydroxylation sites is 2. The van der Waals surface area contributed by atoms with Crippen LogP contribution in [0.5, 0.6) is 0 Å². The van der Waals surface area contributed by atoms with Gasteiger partial charge < -0.3 is 4.57 Å². The first kappa shape index (κ1) is 32.1. The van der Waals surface area contributed by atoms with Crippen LogP contribution in [0.3, 0.4) is 0 Å². The van der Waals surface area contributed by atoms with Gasteiger partial charge in [0.05, 0.1) is 11.0 Å². The summed E-state index contributed by atoms with van der Waals surface area (Å²) in [6, 6.07) is 65.3. The summed E-state index contributed by atoms with van der Waals surface area (Å²) in [6.45, 7) is 0. The predicted octanol–water partition coefficient (Wildman–Crippen LogP) is 13.6. The monoisotopic (exact) mass is 744 g/mol. The number of rotatable bonds is 5. The van der Waals surface area contributed by atoms with E-state index >= 15 is 0 Å². The van der Waals surface area contributed by atoms with Crippen LogP contribution in [0, 0.1) is 0 Å². The molecule has 0 unspecified atom stereocenters. The molecule has 1 aliphatic carbocycles. The molecule has 11 aromatic rings. The normalized spacial score (nSPS) is 12.1. The van der Waals surface area contributed by atoms with Crippen LogP contribution in [0.1, 0.15) is 11.1 Å². The van der Waals surface area contributed by atoms with Gasteiger partial charge >= 0.3 is 0 Å². The van der Waals surface area contributed by atoms with Crippen LogP contribution < -0.4 is 0 Å². The molecule has 0 bridgehead atoms. The molecule has 266 valence electrons. The Labute approximate surface area is 333 Å². The molecule has 0 radical (unpaired) electrons. The summed E-state index contributed by atoms with van der Waals surface area (Å²) < 4.78 is 4.89. The van der Waals surface area contributed by atoms with Gasteiger partial charge in [-0.1, -0.05) is 146 Å². The van der Waals surface area contributed by atoms with Crippen molar-refractivity contribution in [1.82, 2.24) is 19.5 Å². The third-order valence-electron chi connectivity index (χ3n) is 11.5. The molecule has 8 aromatic carbocycles. The molecular formula is C52H32N4S. The van der Waals surface area contributed by atoms with Gasteiger partial charge in [-0.2, -0.15) is 0 Å². The molecule has 0 aliphatic heterocycles. The highest BCUT2D eigenvalue weighted by molar-refractivity contribution is 7.25. The second kappa shape index (κ2) is 12.7. The first-order valence-electron chi connectivity index (χ1n) is 19.3. The van der Waals surface area contributed by atoms with E-state index in [1.165, 1.54) is 81.0 Å². The highest BCUT2D eigenvalue weighted by Gasteiger charge is 2.22. The molecule has 0 spiro atoms. The summed E-state index contributed by atoms with van der Waals surface area (Å²) in [7, 11) is 0. The molecule has 4 nitrogen and oxygen atoms in total. The minimum absolute atomic E-state index is 0.668. The average Bonchev–Trinajstić information content (AvgIpc) is 3.95. The van der Waals surface area contributed by atoms with Crippen molar-refractivity contribution in [2.75, 3.05) is 0 Å². The Bertz CT molecular complexity index is 3270. The first-order chi connectivity index (χ1) is 28.2. The van der Waals surface area contributed by atoms with Crippen LogP contribution in [0.4, 0.5) is 0 Å². The lowest BCUT2D eigenvalue weighted by Gasteiger charge is -2.11. The lowest BCUT2D eigenvalue weighted by Crippen LogP contribution is -1.99. The second-order valence-corrected chi connectivity index (χ2v) is 15.9. The largest absolute Gasteiger partial charge is 0.309 e. The third kappa shape index (κ3) is 5.24. The fourth-order valence-corrected chi connectivity index (χ4v) is 9.91. The molecule has 57 heavy (non-hydrogen) atoms. The Hall–Kier alpha value is -7.21. The third-order valence-corrected chi connectivity index (χ3v) is 12.6. The molecule has 1 aliphatic rings. The van der Waals surface area contributed by atoms with E-state index in [2.05, 4.69) is 126 Å². The SMILES string of the molecule is c1ccc(-c2nc(-c3ccccc3)nc(-c3ccc4c(c3)sc3cc(-c5ccc6c(c5)Cc5ccc(-n7c8ccccc8c8ccccc87)cc5-6)ccc34)n2)cc1. The second-order valence-electron chi connectivity index (χ2n) is 14.8. The lowest BCUT2D eigenvalue weighted by molar-refractivity contribution is 1.07. The maximum absolute atomic E-state index is 4.98. The molecule has 0 N–H and O–H groups in total. The molecule has 12 rings (SSSR count). The summed E-state index contributed by atoms with van der Waals surface area (Å²) in [4.78, 5) is 14.8.